The zero-order chi connectivity index (χ0) is 18.0. The highest BCUT2D eigenvalue weighted by molar-refractivity contribution is 5.97. The Morgan fingerprint density at radius 2 is 1.76 bits per heavy atom. The molecule has 0 saturated carbocycles. The lowest BCUT2D eigenvalue weighted by molar-refractivity contribution is 0.0735. The van der Waals surface area contributed by atoms with Gasteiger partial charge in [0.25, 0.3) is 5.91 Å². The molecule has 130 valence electrons. The number of likely N-dealkylation sites (tertiary alicyclic amines) is 1. The first kappa shape index (κ1) is 17.0. The minimum Gasteiger partial charge on any atom is -0.378 e. The molecule has 1 saturated heterocycles. The van der Waals surface area contributed by atoms with Crippen molar-refractivity contribution in [1.29, 1.82) is 0 Å². The van der Waals surface area contributed by atoms with Crippen molar-refractivity contribution in [1.82, 2.24) is 4.90 Å². The molecule has 2 aromatic carbocycles. The van der Waals surface area contributed by atoms with E-state index in [2.05, 4.69) is 23.1 Å². The zero-order valence-electron chi connectivity index (χ0n) is 14.6. The monoisotopic (exact) mass is 337 g/mol. The quantitative estimate of drug-likeness (QED) is 0.933. The van der Waals surface area contributed by atoms with Gasteiger partial charge in [-0.25, -0.2) is 0 Å². The third-order valence-electron chi connectivity index (χ3n) is 4.70. The lowest BCUT2D eigenvalue weighted by Crippen LogP contribution is -2.30. The van der Waals surface area contributed by atoms with Crippen LogP contribution in [0.2, 0.25) is 0 Å². The van der Waals surface area contributed by atoms with Crippen LogP contribution in [-0.2, 0) is 0 Å². The van der Waals surface area contributed by atoms with Gasteiger partial charge in [0.2, 0.25) is 5.91 Å². The van der Waals surface area contributed by atoms with E-state index in [0.29, 0.717) is 11.1 Å². The third-order valence-corrected chi connectivity index (χ3v) is 4.70. The maximum absolute atomic E-state index is 12.9. The molecule has 0 unspecified atom stereocenters. The van der Waals surface area contributed by atoms with Gasteiger partial charge in [-0.15, -0.1) is 0 Å². The topological polar surface area (TPSA) is 66.6 Å². The summed E-state index contributed by atoms with van der Waals surface area (Å²) in [6.07, 6.45) is 1.95. The van der Waals surface area contributed by atoms with Gasteiger partial charge in [-0.1, -0.05) is 12.1 Å². The number of carbonyl (C=O) groups excluding carboxylic acids is 2. The molecule has 2 aromatic rings. The van der Waals surface area contributed by atoms with Crippen LogP contribution in [0.3, 0.4) is 0 Å². The standard InChI is InChI=1S/C20H23N3O2/c1-22(2)17-6-3-5-16(13-17)18-7-4-12-23(18)20(25)15-10-8-14(9-11-15)19(21)24/h3,5-6,8-11,13,18H,4,7,12H2,1-2H3,(H2,21,24)/t18-/m1/s1. The maximum atomic E-state index is 12.9. The summed E-state index contributed by atoms with van der Waals surface area (Å²) in [5.74, 6) is -0.493. The predicted molar refractivity (Wildman–Crippen MR) is 98.7 cm³/mol. The molecule has 0 aromatic heterocycles. The molecule has 1 atom stereocenters. The summed E-state index contributed by atoms with van der Waals surface area (Å²) in [5.41, 5.74) is 8.54. The Morgan fingerprint density at radius 3 is 2.40 bits per heavy atom. The van der Waals surface area contributed by atoms with Crippen molar-refractivity contribution in [2.75, 3.05) is 25.5 Å². The highest BCUT2D eigenvalue weighted by atomic mass is 16.2. The molecule has 2 amide bonds. The molecular formula is C20H23N3O2. The van der Waals surface area contributed by atoms with Crippen molar-refractivity contribution >= 4 is 17.5 Å². The molecule has 1 aliphatic rings. The van der Waals surface area contributed by atoms with Crippen LogP contribution in [0.1, 0.15) is 45.2 Å². The molecule has 1 fully saturated rings. The van der Waals surface area contributed by atoms with Crippen LogP contribution in [0.4, 0.5) is 5.69 Å². The highest BCUT2D eigenvalue weighted by Crippen LogP contribution is 2.34. The largest absolute Gasteiger partial charge is 0.378 e. The van der Waals surface area contributed by atoms with Crippen molar-refractivity contribution in [2.45, 2.75) is 18.9 Å². The molecule has 25 heavy (non-hydrogen) atoms. The first-order valence-electron chi connectivity index (χ1n) is 8.45. The number of nitrogens with zero attached hydrogens (tertiary/aromatic N) is 2. The molecule has 0 spiro atoms. The number of anilines is 1. The predicted octanol–water partition coefficient (Wildman–Crippen LogP) is 2.83. The van der Waals surface area contributed by atoms with Crippen LogP contribution < -0.4 is 10.6 Å². The molecule has 5 heteroatoms. The summed E-state index contributed by atoms with van der Waals surface area (Å²) in [5, 5.41) is 0. The van der Waals surface area contributed by atoms with Crippen LogP contribution >= 0.6 is 0 Å². The number of rotatable bonds is 4. The molecule has 0 aliphatic carbocycles. The van der Waals surface area contributed by atoms with Gasteiger partial charge in [-0.2, -0.15) is 0 Å². The van der Waals surface area contributed by atoms with Gasteiger partial charge in [-0.05, 0) is 54.8 Å². The lowest BCUT2D eigenvalue weighted by Gasteiger charge is -2.26. The molecule has 3 rings (SSSR count). The van der Waals surface area contributed by atoms with Crippen molar-refractivity contribution in [3.8, 4) is 0 Å². The number of hydrogen-bond acceptors (Lipinski definition) is 3. The van der Waals surface area contributed by atoms with E-state index < -0.39 is 5.91 Å². The smallest absolute Gasteiger partial charge is 0.254 e. The van der Waals surface area contributed by atoms with Gasteiger partial charge in [0, 0.05) is 37.5 Å². The second kappa shape index (κ2) is 6.97. The highest BCUT2D eigenvalue weighted by Gasteiger charge is 2.30. The van der Waals surface area contributed by atoms with Crippen LogP contribution in [0, 0.1) is 0 Å². The first-order chi connectivity index (χ1) is 12.0. The number of nitrogens with two attached hydrogens (primary N) is 1. The molecule has 0 radical (unpaired) electrons. The van der Waals surface area contributed by atoms with Gasteiger partial charge in [0.1, 0.15) is 0 Å². The summed E-state index contributed by atoms with van der Waals surface area (Å²) < 4.78 is 0. The van der Waals surface area contributed by atoms with Crippen molar-refractivity contribution in [3.05, 3.63) is 65.2 Å². The van der Waals surface area contributed by atoms with Gasteiger partial charge in [-0.3, -0.25) is 9.59 Å². The Kier molecular flexibility index (Phi) is 4.74. The Bertz CT molecular complexity index is 784. The molecule has 2 N–H and O–H groups in total. The Hall–Kier alpha value is -2.82. The Morgan fingerprint density at radius 1 is 1.08 bits per heavy atom. The molecule has 5 nitrogen and oxygen atoms in total. The average molecular weight is 337 g/mol. The Balaban J connectivity index is 1.84. The summed E-state index contributed by atoms with van der Waals surface area (Å²) >= 11 is 0. The lowest BCUT2D eigenvalue weighted by atomic mass is 10.0. The van der Waals surface area contributed by atoms with E-state index in [1.165, 1.54) is 0 Å². The van der Waals surface area contributed by atoms with E-state index in [0.717, 1.165) is 30.6 Å². The number of amides is 2. The SMILES string of the molecule is CN(C)c1cccc([C@H]2CCCN2C(=O)c2ccc(C(N)=O)cc2)c1. The van der Waals surface area contributed by atoms with Crippen LogP contribution in [-0.4, -0.2) is 37.4 Å². The fraction of sp³-hybridized carbons (Fsp3) is 0.300. The van der Waals surface area contributed by atoms with E-state index in [1.54, 1.807) is 24.3 Å². The van der Waals surface area contributed by atoms with E-state index in [4.69, 9.17) is 5.73 Å². The van der Waals surface area contributed by atoms with E-state index in [1.807, 2.05) is 25.1 Å². The number of benzene rings is 2. The maximum Gasteiger partial charge on any atom is 0.254 e. The first-order valence-corrected chi connectivity index (χ1v) is 8.45. The van der Waals surface area contributed by atoms with Gasteiger partial charge in [0.05, 0.1) is 6.04 Å². The summed E-state index contributed by atoms with van der Waals surface area (Å²) in [7, 11) is 4.02. The summed E-state index contributed by atoms with van der Waals surface area (Å²) in [4.78, 5) is 28.1. The van der Waals surface area contributed by atoms with Crippen LogP contribution in [0.25, 0.3) is 0 Å². The minimum atomic E-state index is -0.487. The average Bonchev–Trinajstić information content (AvgIpc) is 3.11. The van der Waals surface area contributed by atoms with Crippen LogP contribution in [0.15, 0.2) is 48.5 Å². The van der Waals surface area contributed by atoms with E-state index >= 15 is 0 Å². The second-order valence-electron chi connectivity index (χ2n) is 6.59. The number of hydrogen-bond donors (Lipinski definition) is 1. The summed E-state index contributed by atoms with van der Waals surface area (Å²) in [6, 6.07) is 15.0. The van der Waals surface area contributed by atoms with Gasteiger partial charge < -0.3 is 15.5 Å². The Labute approximate surface area is 148 Å². The van der Waals surface area contributed by atoms with Gasteiger partial charge >= 0.3 is 0 Å². The van der Waals surface area contributed by atoms with Gasteiger partial charge in [0.15, 0.2) is 0 Å². The fourth-order valence-corrected chi connectivity index (χ4v) is 3.31. The normalized spacial score (nSPS) is 16.7. The molecular weight excluding hydrogens is 314 g/mol. The van der Waals surface area contributed by atoms with E-state index in [9.17, 15) is 9.59 Å². The molecule has 1 heterocycles. The molecule has 0 bridgehead atoms. The number of primary amides is 1. The molecule has 1 aliphatic heterocycles. The second-order valence-corrected chi connectivity index (χ2v) is 6.59. The zero-order valence-corrected chi connectivity index (χ0v) is 14.6. The number of carbonyl (C=O) groups is 2. The van der Waals surface area contributed by atoms with Crippen molar-refractivity contribution < 1.29 is 9.59 Å². The van der Waals surface area contributed by atoms with Crippen molar-refractivity contribution in [3.63, 3.8) is 0 Å². The summed E-state index contributed by atoms with van der Waals surface area (Å²) in [6.45, 7) is 0.743. The minimum absolute atomic E-state index is 0.00576. The fourth-order valence-electron chi connectivity index (χ4n) is 3.31. The third kappa shape index (κ3) is 3.50. The van der Waals surface area contributed by atoms with Crippen LogP contribution in [0.5, 0.6) is 0 Å². The van der Waals surface area contributed by atoms with Crippen molar-refractivity contribution in [2.24, 2.45) is 5.73 Å². The van der Waals surface area contributed by atoms with E-state index in [-0.39, 0.29) is 11.9 Å².